The Morgan fingerprint density at radius 1 is 1.37 bits per heavy atom. The van der Waals surface area contributed by atoms with Gasteiger partial charge in [-0.05, 0) is 32.2 Å². The summed E-state index contributed by atoms with van der Waals surface area (Å²) in [5, 5.41) is 3.30. The van der Waals surface area contributed by atoms with Crippen LogP contribution in [0.5, 0.6) is 0 Å². The lowest BCUT2D eigenvalue weighted by molar-refractivity contribution is -0.151. The van der Waals surface area contributed by atoms with E-state index in [-0.39, 0.29) is 23.2 Å². The van der Waals surface area contributed by atoms with Gasteiger partial charge in [0.15, 0.2) is 0 Å². The second-order valence-electron chi connectivity index (χ2n) is 5.65. The minimum atomic E-state index is -0.210. The number of hydrogen-bond donors (Lipinski definition) is 1. The van der Waals surface area contributed by atoms with Gasteiger partial charge < -0.3 is 15.0 Å². The Morgan fingerprint density at radius 2 is 2.05 bits per heavy atom. The lowest BCUT2D eigenvalue weighted by Crippen LogP contribution is -2.48. The van der Waals surface area contributed by atoms with Gasteiger partial charge in [0.25, 0.3) is 0 Å². The highest BCUT2D eigenvalue weighted by Gasteiger charge is 2.43. The first-order chi connectivity index (χ1) is 9.13. The van der Waals surface area contributed by atoms with Gasteiger partial charge in [-0.1, -0.05) is 6.92 Å². The van der Waals surface area contributed by atoms with Gasteiger partial charge in [-0.15, -0.1) is 0 Å². The number of carbonyl (C=O) groups excluding carboxylic acids is 2. The molecule has 19 heavy (non-hydrogen) atoms. The minimum Gasteiger partial charge on any atom is -0.469 e. The van der Waals surface area contributed by atoms with E-state index in [0.29, 0.717) is 13.1 Å². The van der Waals surface area contributed by atoms with Gasteiger partial charge in [-0.3, -0.25) is 9.59 Å². The number of likely N-dealkylation sites (tertiary alicyclic amines) is 1. The van der Waals surface area contributed by atoms with Crippen LogP contribution in [0.1, 0.15) is 32.6 Å². The molecule has 1 N–H and O–H groups in total. The van der Waals surface area contributed by atoms with E-state index in [1.807, 2.05) is 4.90 Å². The molecule has 1 atom stereocenters. The van der Waals surface area contributed by atoms with Crippen LogP contribution in [0.15, 0.2) is 0 Å². The van der Waals surface area contributed by atoms with Gasteiger partial charge >= 0.3 is 5.97 Å². The van der Waals surface area contributed by atoms with Crippen LogP contribution < -0.4 is 5.32 Å². The number of hydrogen-bond acceptors (Lipinski definition) is 4. The molecule has 0 aromatic heterocycles. The zero-order valence-corrected chi connectivity index (χ0v) is 11.9. The van der Waals surface area contributed by atoms with E-state index < -0.39 is 0 Å². The second-order valence-corrected chi connectivity index (χ2v) is 5.65. The summed E-state index contributed by atoms with van der Waals surface area (Å²) in [5.41, 5.74) is -0.210. The monoisotopic (exact) mass is 268 g/mol. The number of nitrogens with zero attached hydrogens (tertiary/aromatic N) is 1. The van der Waals surface area contributed by atoms with E-state index >= 15 is 0 Å². The van der Waals surface area contributed by atoms with Gasteiger partial charge in [0.05, 0.1) is 18.4 Å². The van der Waals surface area contributed by atoms with E-state index in [1.165, 1.54) is 7.11 Å². The summed E-state index contributed by atoms with van der Waals surface area (Å²) in [5.74, 6) is 0.0940. The summed E-state index contributed by atoms with van der Waals surface area (Å²) in [6, 6.07) is 0. The van der Waals surface area contributed by atoms with Crippen molar-refractivity contribution in [3.63, 3.8) is 0 Å². The lowest BCUT2D eigenvalue weighted by atomic mass is 9.82. The molecule has 5 heteroatoms. The third kappa shape index (κ3) is 2.76. The normalized spacial score (nSPS) is 28.4. The molecule has 0 saturated carbocycles. The Morgan fingerprint density at radius 3 is 2.53 bits per heavy atom. The molecule has 0 aromatic carbocycles. The topological polar surface area (TPSA) is 58.6 Å². The molecule has 5 nitrogen and oxygen atoms in total. The fourth-order valence-corrected chi connectivity index (χ4v) is 3.20. The van der Waals surface area contributed by atoms with E-state index in [2.05, 4.69) is 12.2 Å². The van der Waals surface area contributed by atoms with E-state index in [9.17, 15) is 9.59 Å². The van der Waals surface area contributed by atoms with Crippen LogP contribution in [0.2, 0.25) is 0 Å². The molecule has 2 rings (SSSR count). The van der Waals surface area contributed by atoms with Crippen molar-refractivity contribution in [2.45, 2.75) is 32.6 Å². The van der Waals surface area contributed by atoms with Crippen molar-refractivity contribution >= 4 is 11.9 Å². The molecular weight excluding hydrogens is 244 g/mol. The van der Waals surface area contributed by atoms with Gasteiger partial charge in [0.2, 0.25) is 5.91 Å². The van der Waals surface area contributed by atoms with Crippen LogP contribution in [0.25, 0.3) is 0 Å². The highest BCUT2D eigenvalue weighted by atomic mass is 16.5. The maximum atomic E-state index is 12.7. The Labute approximate surface area is 114 Å². The molecule has 0 aromatic rings. The Hall–Kier alpha value is -1.10. The van der Waals surface area contributed by atoms with Crippen molar-refractivity contribution in [2.24, 2.45) is 11.3 Å². The molecule has 0 radical (unpaired) electrons. The molecule has 108 valence electrons. The van der Waals surface area contributed by atoms with Gasteiger partial charge in [-0.2, -0.15) is 0 Å². The van der Waals surface area contributed by atoms with Crippen LogP contribution in [-0.4, -0.2) is 50.1 Å². The summed E-state index contributed by atoms with van der Waals surface area (Å²) in [7, 11) is 1.43. The maximum absolute atomic E-state index is 12.7. The van der Waals surface area contributed by atoms with Crippen LogP contribution in [0.4, 0.5) is 0 Å². The molecule has 2 aliphatic heterocycles. The van der Waals surface area contributed by atoms with Crippen molar-refractivity contribution in [1.82, 2.24) is 10.2 Å². The third-order valence-corrected chi connectivity index (χ3v) is 4.69. The van der Waals surface area contributed by atoms with Crippen LogP contribution in [0, 0.1) is 11.3 Å². The molecule has 0 aliphatic carbocycles. The maximum Gasteiger partial charge on any atom is 0.308 e. The molecule has 0 spiro atoms. The largest absolute Gasteiger partial charge is 0.469 e. The zero-order valence-electron chi connectivity index (χ0n) is 11.9. The van der Waals surface area contributed by atoms with Gasteiger partial charge in [-0.25, -0.2) is 0 Å². The standard InChI is InChI=1S/C14H24N2O3/c1-3-14(6-7-15-10-14)13(18)16-8-4-11(5-9-16)12(17)19-2/h11,15H,3-10H2,1-2H3. The molecule has 1 unspecified atom stereocenters. The molecule has 2 heterocycles. The zero-order chi connectivity index (χ0) is 13.9. The number of methoxy groups -OCH3 is 1. The van der Waals surface area contributed by atoms with E-state index in [0.717, 1.165) is 38.8 Å². The molecular formula is C14H24N2O3. The summed E-state index contributed by atoms with van der Waals surface area (Å²) in [6.45, 7) is 5.17. The average Bonchev–Trinajstić information content (AvgIpc) is 2.96. The van der Waals surface area contributed by atoms with Crippen LogP contribution in [0.3, 0.4) is 0 Å². The fraction of sp³-hybridized carbons (Fsp3) is 0.857. The number of rotatable bonds is 3. The number of nitrogens with one attached hydrogen (secondary N) is 1. The second kappa shape index (κ2) is 5.90. The van der Waals surface area contributed by atoms with E-state index in [4.69, 9.17) is 4.74 Å². The summed E-state index contributed by atoms with van der Waals surface area (Å²) >= 11 is 0. The first-order valence-corrected chi connectivity index (χ1v) is 7.21. The number of piperidine rings is 1. The molecule has 2 fully saturated rings. The highest BCUT2D eigenvalue weighted by Crippen LogP contribution is 2.33. The van der Waals surface area contributed by atoms with E-state index in [1.54, 1.807) is 0 Å². The number of amides is 1. The Balaban J connectivity index is 1.94. The first-order valence-electron chi connectivity index (χ1n) is 7.21. The van der Waals surface area contributed by atoms with Crippen molar-refractivity contribution in [2.75, 3.05) is 33.3 Å². The number of ether oxygens (including phenoxy) is 1. The van der Waals surface area contributed by atoms with Crippen molar-refractivity contribution < 1.29 is 14.3 Å². The first kappa shape index (κ1) is 14.3. The summed E-state index contributed by atoms with van der Waals surface area (Å²) in [4.78, 5) is 26.1. The van der Waals surface area contributed by atoms with Gasteiger partial charge in [0.1, 0.15) is 0 Å². The van der Waals surface area contributed by atoms with Crippen molar-refractivity contribution in [3.05, 3.63) is 0 Å². The summed E-state index contributed by atoms with van der Waals surface area (Å²) in [6.07, 6.45) is 3.27. The quantitative estimate of drug-likeness (QED) is 0.769. The molecule has 0 bridgehead atoms. The molecule has 2 aliphatic rings. The van der Waals surface area contributed by atoms with Gasteiger partial charge in [0, 0.05) is 19.6 Å². The number of carbonyl (C=O) groups is 2. The molecule has 2 saturated heterocycles. The predicted octanol–water partition coefficient (Wildman–Crippen LogP) is 0.788. The van der Waals surface area contributed by atoms with Crippen molar-refractivity contribution in [1.29, 1.82) is 0 Å². The Bertz CT molecular complexity index is 343. The van der Waals surface area contributed by atoms with Crippen molar-refractivity contribution in [3.8, 4) is 0 Å². The lowest BCUT2D eigenvalue weighted by Gasteiger charge is -2.37. The average molecular weight is 268 g/mol. The van der Waals surface area contributed by atoms with Crippen LogP contribution in [-0.2, 0) is 14.3 Å². The smallest absolute Gasteiger partial charge is 0.308 e. The Kier molecular flexibility index (Phi) is 4.45. The summed E-state index contributed by atoms with van der Waals surface area (Å²) < 4.78 is 4.77. The van der Waals surface area contributed by atoms with Crippen LogP contribution >= 0.6 is 0 Å². The number of esters is 1. The fourth-order valence-electron chi connectivity index (χ4n) is 3.20. The minimum absolute atomic E-state index is 0.0340. The third-order valence-electron chi connectivity index (χ3n) is 4.69. The SMILES string of the molecule is CCC1(C(=O)N2CCC(C(=O)OC)CC2)CCNC1. The predicted molar refractivity (Wildman–Crippen MR) is 71.5 cm³/mol. The molecule has 1 amide bonds. The highest BCUT2D eigenvalue weighted by molar-refractivity contribution is 5.83.